The molecule has 1 atom stereocenters. The van der Waals surface area contributed by atoms with Gasteiger partial charge in [0.15, 0.2) is 0 Å². The highest BCUT2D eigenvalue weighted by Crippen LogP contribution is 2.35. The lowest BCUT2D eigenvalue weighted by atomic mass is 10.0. The van der Waals surface area contributed by atoms with Crippen LogP contribution in [-0.2, 0) is 11.3 Å². The third-order valence-corrected chi connectivity index (χ3v) is 3.62. The molecule has 1 aliphatic heterocycles. The number of hydrogen-bond donors (Lipinski definition) is 1. The number of halogens is 2. The first kappa shape index (κ1) is 15.4. The molecule has 2 rings (SSSR count). The lowest BCUT2D eigenvalue weighted by molar-refractivity contribution is 0.0675. The number of nitrogens with zero attached hydrogens (tertiary/aromatic N) is 1. The van der Waals surface area contributed by atoms with E-state index in [1.54, 1.807) is 0 Å². The largest absolute Gasteiger partial charge is 0.379 e. The Morgan fingerprint density at radius 2 is 2.15 bits per heavy atom. The Labute approximate surface area is 118 Å². The van der Waals surface area contributed by atoms with Gasteiger partial charge in [0.25, 0.3) is 0 Å². The first-order chi connectivity index (χ1) is 9.52. The Bertz CT molecular complexity index is 465. The van der Waals surface area contributed by atoms with Crippen molar-refractivity contribution in [1.82, 2.24) is 4.90 Å². The molecule has 0 aromatic heterocycles. The van der Waals surface area contributed by atoms with Gasteiger partial charge in [-0.15, -0.1) is 0 Å². The van der Waals surface area contributed by atoms with Crippen molar-refractivity contribution in [2.24, 2.45) is 5.73 Å². The summed E-state index contributed by atoms with van der Waals surface area (Å²) in [5.74, 6) is -1.01. The molecule has 0 fully saturated rings. The van der Waals surface area contributed by atoms with E-state index in [4.69, 9.17) is 10.5 Å². The maximum Gasteiger partial charge on any atom is 0.130 e. The van der Waals surface area contributed by atoms with Crippen LogP contribution in [0.4, 0.5) is 8.78 Å². The third-order valence-electron chi connectivity index (χ3n) is 3.62. The summed E-state index contributed by atoms with van der Waals surface area (Å²) < 4.78 is 32.6. The van der Waals surface area contributed by atoms with Gasteiger partial charge < -0.3 is 10.5 Å². The van der Waals surface area contributed by atoms with Crippen LogP contribution in [0.3, 0.4) is 0 Å². The van der Waals surface area contributed by atoms with Gasteiger partial charge in [0.1, 0.15) is 11.6 Å². The Morgan fingerprint density at radius 3 is 2.80 bits per heavy atom. The Kier molecular flexibility index (Phi) is 5.07. The number of nitrogens with two attached hydrogens (primary N) is 1. The highest BCUT2D eigenvalue weighted by Gasteiger charge is 2.31. The highest BCUT2D eigenvalue weighted by atomic mass is 19.1. The topological polar surface area (TPSA) is 38.5 Å². The van der Waals surface area contributed by atoms with Crippen LogP contribution >= 0.6 is 0 Å². The predicted molar refractivity (Wildman–Crippen MR) is 74.3 cm³/mol. The van der Waals surface area contributed by atoms with E-state index in [0.717, 1.165) is 19.0 Å². The standard InChI is InChI=1S/C15H22F2N2O/c1-10(2)20-5-3-4-19-9-13-12(15(19)8-18)6-11(16)7-14(13)17/h6-7,10,15H,3-5,8-9,18H2,1-2H3. The van der Waals surface area contributed by atoms with Gasteiger partial charge in [-0.2, -0.15) is 0 Å². The molecule has 3 nitrogen and oxygen atoms in total. The fourth-order valence-electron chi connectivity index (χ4n) is 2.70. The number of fused-ring (bicyclic) bond motifs is 1. The molecular formula is C15H22F2N2O. The second-order valence-electron chi connectivity index (χ2n) is 5.45. The Balaban J connectivity index is 2.02. The number of benzene rings is 1. The van der Waals surface area contributed by atoms with Gasteiger partial charge >= 0.3 is 0 Å². The van der Waals surface area contributed by atoms with E-state index >= 15 is 0 Å². The average molecular weight is 284 g/mol. The monoisotopic (exact) mass is 284 g/mol. The molecule has 2 N–H and O–H groups in total. The second kappa shape index (κ2) is 6.61. The van der Waals surface area contributed by atoms with Gasteiger partial charge in [0, 0.05) is 43.9 Å². The van der Waals surface area contributed by atoms with E-state index in [1.165, 1.54) is 6.07 Å². The summed E-state index contributed by atoms with van der Waals surface area (Å²) in [7, 11) is 0. The zero-order valence-corrected chi connectivity index (χ0v) is 12.0. The van der Waals surface area contributed by atoms with Gasteiger partial charge in [-0.25, -0.2) is 8.78 Å². The molecule has 1 aliphatic rings. The summed E-state index contributed by atoms with van der Waals surface area (Å²) >= 11 is 0. The molecular weight excluding hydrogens is 262 g/mol. The van der Waals surface area contributed by atoms with Gasteiger partial charge in [-0.05, 0) is 31.9 Å². The first-order valence-corrected chi connectivity index (χ1v) is 7.06. The molecule has 0 bridgehead atoms. The van der Waals surface area contributed by atoms with Gasteiger partial charge in [0.2, 0.25) is 0 Å². The summed E-state index contributed by atoms with van der Waals surface area (Å²) in [5.41, 5.74) is 7.04. The van der Waals surface area contributed by atoms with Gasteiger partial charge in [-0.3, -0.25) is 4.90 Å². The highest BCUT2D eigenvalue weighted by molar-refractivity contribution is 5.36. The lowest BCUT2D eigenvalue weighted by Gasteiger charge is -2.23. The molecule has 112 valence electrons. The summed E-state index contributed by atoms with van der Waals surface area (Å²) in [6, 6.07) is 2.24. The van der Waals surface area contributed by atoms with E-state index in [2.05, 4.69) is 4.90 Å². The van der Waals surface area contributed by atoms with Crippen LogP contribution < -0.4 is 5.73 Å². The minimum atomic E-state index is -0.537. The molecule has 5 heteroatoms. The van der Waals surface area contributed by atoms with Crippen LogP contribution in [0.5, 0.6) is 0 Å². The quantitative estimate of drug-likeness (QED) is 0.816. The predicted octanol–water partition coefficient (Wildman–Crippen LogP) is 2.60. The smallest absolute Gasteiger partial charge is 0.130 e. The van der Waals surface area contributed by atoms with Crippen molar-refractivity contribution in [3.63, 3.8) is 0 Å². The van der Waals surface area contributed by atoms with E-state index < -0.39 is 11.6 Å². The Morgan fingerprint density at radius 1 is 1.40 bits per heavy atom. The molecule has 0 radical (unpaired) electrons. The minimum Gasteiger partial charge on any atom is -0.379 e. The molecule has 20 heavy (non-hydrogen) atoms. The molecule has 1 unspecified atom stereocenters. The third kappa shape index (κ3) is 3.34. The van der Waals surface area contributed by atoms with Crippen LogP contribution in [0, 0.1) is 11.6 Å². The van der Waals surface area contributed by atoms with Crippen molar-refractivity contribution in [1.29, 1.82) is 0 Å². The zero-order valence-electron chi connectivity index (χ0n) is 12.0. The fraction of sp³-hybridized carbons (Fsp3) is 0.600. The normalized spacial score (nSPS) is 18.8. The van der Waals surface area contributed by atoms with Crippen molar-refractivity contribution in [2.45, 2.75) is 39.0 Å². The fourth-order valence-corrected chi connectivity index (χ4v) is 2.70. The molecule has 1 aromatic rings. The number of hydrogen-bond acceptors (Lipinski definition) is 3. The summed E-state index contributed by atoms with van der Waals surface area (Å²) in [6.45, 7) is 6.27. The lowest BCUT2D eigenvalue weighted by Crippen LogP contribution is -2.29. The van der Waals surface area contributed by atoms with Crippen molar-refractivity contribution >= 4 is 0 Å². The SMILES string of the molecule is CC(C)OCCCN1Cc2c(F)cc(F)cc2C1CN. The van der Waals surface area contributed by atoms with Crippen LogP contribution in [0.15, 0.2) is 12.1 Å². The molecule has 0 aliphatic carbocycles. The van der Waals surface area contributed by atoms with Crippen LogP contribution in [0.25, 0.3) is 0 Å². The minimum absolute atomic E-state index is 0.103. The van der Waals surface area contributed by atoms with Crippen LogP contribution in [0.2, 0.25) is 0 Å². The van der Waals surface area contributed by atoms with Crippen molar-refractivity contribution < 1.29 is 13.5 Å². The molecule has 0 amide bonds. The summed E-state index contributed by atoms with van der Waals surface area (Å²) in [6.07, 6.45) is 1.06. The van der Waals surface area contributed by atoms with Crippen LogP contribution in [-0.4, -0.2) is 30.7 Å². The summed E-state index contributed by atoms with van der Waals surface area (Å²) in [4.78, 5) is 2.09. The van der Waals surface area contributed by atoms with Crippen molar-refractivity contribution in [3.05, 3.63) is 34.9 Å². The van der Waals surface area contributed by atoms with Crippen molar-refractivity contribution in [3.8, 4) is 0 Å². The second-order valence-corrected chi connectivity index (χ2v) is 5.45. The van der Waals surface area contributed by atoms with E-state index in [0.29, 0.717) is 30.8 Å². The first-order valence-electron chi connectivity index (χ1n) is 7.06. The maximum absolute atomic E-state index is 13.8. The average Bonchev–Trinajstić information content (AvgIpc) is 2.72. The molecule has 0 spiro atoms. The molecule has 0 saturated heterocycles. The van der Waals surface area contributed by atoms with Crippen LogP contribution in [0.1, 0.15) is 37.4 Å². The Hall–Kier alpha value is -1.04. The molecule has 1 aromatic carbocycles. The van der Waals surface area contributed by atoms with E-state index in [1.807, 2.05) is 13.8 Å². The zero-order chi connectivity index (χ0) is 14.7. The van der Waals surface area contributed by atoms with E-state index in [-0.39, 0.29) is 12.1 Å². The van der Waals surface area contributed by atoms with Gasteiger partial charge in [0.05, 0.1) is 6.10 Å². The van der Waals surface area contributed by atoms with E-state index in [9.17, 15) is 8.78 Å². The molecule has 0 saturated carbocycles. The van der Waals surface area contributed by atoms with Gasteiger partial charge in [-0.1, -0.05) is 0 Å². The van der Waals surface area contributed by atoms with Crippen molar-refractivity contribution in [2.75, 3.05) is 19.7 Å². The number of ether oxygens (including phenoxy) is 1. The maximum atomic E-state index is 13.8. The number of rotatable bonds is 6. The summed E-state index contributed by atoms with van der Waals surface area (Å²) in [5, 5.41) is 0. The molecule has 1 heterocycles.